The van der Waals surface area contributed by atoms with Crippen molar-refractivity contribution < 1.29 is 9.59 Å². The molecule has 1 atom stereocenters. The van der Waals surface area contributed by atoms with E-state index in [-0.39, 0.29) is 24.2 Å². The molecule has 0 bridgehead atoms. The van der Waals surface area contributed by atoms with Crippen LogP contribution in [0.25, 0.3) is 11.0 Å². The molecule has 0 saturated carbocycles. The molecule has 2 amide bonds. The Morgan fingerprint density at radius 1 is 1.07 bits per heavy atom. The number of imidazole rings is 1. The third kappa shape index (κ3) is 4.53. The van der Waals surface area contributed by atoms with Crippen LogP contribution in [0.5, 0.6) is 0 Å². The van der Waals surface area contributed by atoms with E-state index < -0.39 is 6.04 Å². The number of para-hydroxylation sites is 2. The number of benzene rings is 2. The van der Waals surface area contributed by atoms with Gasteiger partial charge in [-0.15, -0.1) is 0 Å². The number of fused-ring (bicyclic) bond motifs is 1. The minimum atomic E-state index is -0.644. The molecule has 1 aromatic heterocycles. The molecule has 6 heteroatoms. The highest BCUT2D eigenvalue weighted by atomic mass is 16.2. The van der Waals surface area contributed by atoms with Gasteiger partial charge in [0.05, 0.1) is 17.5 Å². The molecule has 3 aromatic rings. The number of aryl methyl sites for hydroxylation is 1. The summed E-state index contributed by atoms with van der Waals surface area (Å²) in [5, 5.41) is 5.63. The van der Waals surface area contributed by atoms with Crippen molar-refractivity contribution in [2.24, 2.45) is 5.92 Å². The first-order valence-corrected chi connectivity index (χ1v) is 9.03. The SMILES string of the molecule is Cc1ccccc1CC(=O)N[C@H](C(=O)Nc1nc2ccccc2[nH]1)C(C)C. The summed E-state index contributed by atoms with van der Waals surface area (Å²) in [4.78, 5) is 32.6. The topological polar surface area (TPSA) is 86.9 Å². The predicted molar refractivity (Wildman–Crippen MR) is 106 cm³/mol. The van der Waals surface area contributed by atoms with Crippen LogP contribution in [0.2, 0.25) is 0 Å². The number of hydrogen-bond donors (Lipinski definition) is 3. The largest absolute Gasteiger partial charge is 0.344 e. The lowest BCUT2D eigenvalue weighted by atomic mass is 10.0. The average Bonchev–Trinajstić information content (AvgIpc) is 3.03. The highest BCUT2D eigenvalue weighted by molar-refractivity contribution is 5.97. The Balaban J connectivity index is 1.68. The van der Waals surface area contributed by atoms with Gasteiger partial charge in [0.1, 0.15) is 6.04 Å². The minimum Gasteiger partial charge on any atom is -0.344 e. The number of nitrogens with one attached hydrogen (secondary N) is 3. The van der Waals surface area contributed by atoms with Gasteiger partial charge in [-0.3, -0.25) is 14.9 Å². The fourth-order valence-corrected chi connectivity index (χ4v) is 2.95. The number of H-pyrrole nitrogens is 1. The van der Waals surface area contributed by atoms with Gasteiger partial charge in [-0.05, 0) is 36.1 Å². The molecule has 3 N–H and O–H groups in total. The van der Waals surface area contributed by atoms with E-state index in [1.165, 1.54) is 0 Å². The molecule has 1 heterocycles. The smallest absolute Gasteiger partial charge is 0.249 e. The molecule has 0 aliphatic carbocycles. The maximum absolute atomic E-state index is 12.7. The zero-order chi connectivity index (χ0) is 19.4. The van der Waals surface area contributed by atoms with E-state index in [2.05, 4.69) is 20.6 Å². The third-order valence-corrected chi connectivity index (χ3v) is 4.51. The molecule has 140 valence electrons. The summed E-state index contributed by atoms with van der Waals surface area (Å²) in [6.45, 7) is 5.77. The van der Waals surface area contributed by atoms with Gasteiger partial charge < -0.3 is 10.3 Å². The van der Waals surface area contributed by atoms with E-state index >= 15 is 0 Å². The summed E-state index contributed by atoms with van der Waals surface area (Å²) in [6, 6.07) is 14.6. The Bertz CT molecular complexity index is 928. The number of carbonyl (C=O) groups is 2. The van der Waals surface area contributed by atoms with Crippen molar-refractivity contribution in [3.63, 3.8) is 0 Å². The third-order valence-electron chi connectivity index (χ3n) is 4.51. The van der Waals surface area contributed by atoms with Crippen LogP contribution in [0.4, 0.5) is 5.95 Å². The van der Waals surface area contributed by atoms with E-state index in [9.17, 15) is 9.59 Å². The number of rotatable bonds is 6. The molecule has 0 aliphatic heterocycles. The van der Waals surface area contributed by atoms with Gasteiger partial charge in [-0.1, -0.05) is 50.2 Å². The highest BCUT2D eigenvalue weighted by Gasteiger charge is 2.25. The van der Waals surface area contributed by atoms with Crippen molar-refractivity contribution in [1.82, 2.24) is 15.3 Å². The van der Waals surface area contributed by atoms with Gasteiger partial charge in [-0.25, -0.2) is 4.98 Å². The number of anilines is 1. The van der Waals surface area contributed by atoms with Crippen molar-refractivity contribution in [2.75, 3.05) is 5.32 Å². The standard InChI is InChI=1S/C21H24N4O2/c1-13(2)19(24-18(26)12-15-9-5-4-8-14(15)3)20(27)25-21-22-16-10-6-7-11-17(16)23-21/h4-11,13,19H,12H2,1-3H3,(H,24,26)(H2,22,23,25,27)/t19-/m0/s1. The second kappa shape index (κ2) is 8.03. The molecule has 3 rings (SSSR count). The molecule has 6 nitrogen and oxygen atoms in total. The quantitative estimate of drug-likeness (QED) is 0.628. The molecule has 0 saturated heterocycles. The number of aromatic nitrogens is 2. The summed E-state index contributed by atoms with van der Waals surface area (Å²) < 4.78 is 0. The fourth-order valence-electron chi connectivity index (χ4n) is 2.95. The first-order chi connectivity index (χ1) is 12.9. The first kappa shape index (κ1) is 18.6. The van der Waals surface area contributed by atoms with E-state index in [0.717, 1.165) is 22.2 Å². The van der Waals surface area contributed by atoms with Crippen LogP contribution in [-0.2, 0) is 16.0 Å². The molecule has 0 aliphatic rings. The van der Waals surface area contributed by atoms with Crippen LogP contribution in [0.3, 0.4) is 0 Å². The lowest BCUT2D eigenvalue weighted by Crippen LogP contribution is -2.47. The second-order valence-electron chi connectivity index (χ2n) is 6.98. The summed E-state index contributed by atoms with van der Waals surface area (Å²) in [5.41, 5.74) is 3.63. The molecular weight excluding hydrogens is 340 g/mol. The second-order valence-corrected chi connectivity index (χ2v) is 6.98. The van der Waals surface area contributed by atoms with Gasteiger partial charge in [0, 0.05) is 0 Å². The van der Waals surface area contributed by atoms with Gasteiger partial charge in [0.2, 0.25) is 17.8 Å². The van der Waals surface area contributed by atoms with Crippen molar-refractivity contribution >= 4 is 28.8 Å². The zero-order valence-electron chi connectivity index (χ0n) is 15.7. The molecule has 27 heavy (non-hydrogen) atoms. The summed E-state index contributed by atoms with van der Waals surface area (Å²) in [5.74, 6) is -0.153. The summed E-state index contributed by atoms with van der Waals surface area (Å²) in [7, 11) is 0. The maximum atomic E-state index is 12.7. The monoisotopic (exact) mass is 364 g/mol. The van der Waals surface area contributed by atoms with Gasteiger partial charge in [0.15, 0.2) is 0 Å². The minimum absolute atomic E-state index is 0.0600. The molecule has 0 spiro atoms. The van der Waals surface area contributed by atoms with Crippen molar-refractivity contribution in [1.29, 1.82) is 0 Å². The highest BCUT2D eigenvalue weighted by Crippen LogP contribution is 2.14. The van der Waals surface area contributed by atoms with Gasteiger partial charge in [-0.2, -0.15) is 0 Å². The maximum Gasteiger partial charge on any atom is 0.249 e. The fraction of sp³-hybridized carbons (Fsp3) is 0.286. The average molecular weight is 364 g/mol. The molecule has 0 unspecified atom stereocenters. The van der Waals surface area contributed by atoms with Gasteiger partial charge in [0.25, 0.3) is 0 Å². The number of aromatic amines is 1. The van der Waals surface area contributed by atoms with Crippen LogP contribution in [0, 0.1) is 12.8 Å². The molecule has 0 fully saturated rings. The van der Waals surface area contributed by atoms with Crippen molar-refractivity contribution in [3.8, 4) is 0 Å². The van der Waals surface area contributed by atoms with Crippen molar-refractivity contribution in [3.05, 3.63) is 59.7 Å². The first-order valence-electron chi connectivity index (χ1n) is 9.03. The summed E-state index contributed by atoms with van der Waals surface area (Å²) in [6.07, 6.45) is 0.244. The van der Waals surface area contributed by atoms with Gasteiger partial charge >= 0.3 is 0 Å². The molecule has 2 aromatic carbocycles. The Kier molecular flexibility index (Phi) is 5.54. The van der Waals surface area contributed by atoms with E-state index in [4.69, 9.17) is 0 Å². The Labute approximate surface area is 158 Å². The number of carbonyl (C=O) groups excluding carboxylic acids is 2. The zero-order valence-corrected chi connectivity index (χ0v) is 15.7. The Morgan fingerprint density at radius 2 is 1.78 bits per heavy atom. The van der Waals surface area contributed by atoms with Crippen LogP contribution < -0.4 is 10.6 Å². The van der Waals surface area contributed by atoms with E-state index in [1.54, 1.807) is 0 Å². The van der Waals surface area contributed by atoms with Crippen LogP contribution >= 0.6 is 0 Å². The summed E-state index contributed by atoms with van der Waals surface area (Å²) >= 11 is 0. The Hall–Kier alpha value is -3.15. The van der Waals surface area contributed by atoms with Crippen LogP contribution in [-0.4, -0.2) is 27.8 Å². The lowest BCUT2D eigenvalue weighted by Gasteiger charge is -2.21. The lowest BCUT2D eigenvalue weighted by molar-refractivity contribution is -0.127. The Morgan fingerprint density at radius 3 is 2.48 bits per heavy atom. The molecular formula is C21H24N4O2. The number of nitrogens with zero attached hydrogens (tertiary/aromatic N) is 1. The van der Waals surface area contributed by atoms with E-state index in [1.807, 2.05) is 69.3 Å². The van der Waals surface area contributed by atoms with Crippen LogP contribution in [0.15, 0.2) is 48.5 Å². The number of hydrogen-bond acceptors (Lipinski definition) is 3. The van der Waals surface area contributed by atoms with Crippen LogP contribution in [0.1, 0.15) is 25.0 Å². The molecule has 0 radical (unpaired) electrons. The normalized spacial score (nSPS) is 12.1. The van der Waals surface area contributed by atoms with Crippen molar-refractivity contribution in [2.45, 2.75) is 33.2 Å². The predicted octanol–water partition coefficient (Wildman–Crippen LogP) is 3.19. The van der Waals surface area contributed by atoms with E-state index in [0.29, 0.717) is 5.95 Å². The number of amides is 2.